The molecule has 0 bridgehead atoms. The molecule has 0 N–H and O–H groups in total. The maximum Gasteiger partial charge on any atom is 0.126 e. The number of rotatable bonds is 5. The van der Waals surface area contributed by atoms with Crippen molar-refractivity contribution in [1.82, 2.24) is 0 Å². The molecule has 0 unspecified atom stereocenters. The topological polar surface area (TPSA) is 17.1 Å². The molecular formula is C13H20O. The molecule has 0 atom stereocenters. The number of Topliss-reactive ketones (excluding diaryl/α,β-unsaturated/α-hetero) is 1. The molecule has 0 rings (SSSR count). The molecule has 0 aromatic carbocycles. The Balaban J connectivity index is 0. The van der Waals surface area contributed by atoms with Gasteiger partial charge in [-0.3, -0.25) is 0 Å². The lowest BCUT2D eigenvalue weighted by atomic mass is 10.1. The Bertz CT molecular complexity index is 217. The summed E-state index contributed by atoms with van der Waals surface area (Å²) in [5, 5.41) is 0. The van der Waals surface area contributed by atoms with Gasteiger partial charge in [-0.2, -0.15) is 0 Å². The molecule has 0 aromatic heterocycles. The van der Waals surface area contributed by atoms with Gasteiger partial charge < -0.3 is 4.79 Å². The lowest BCUT2D eigenvalue weighted by molar-refractivity contribution is -0.114. The second-order valence-electron chi connectivity index (χ2n) is 2.92. The molecule has 1 heteroatoms. The minimum absolute atomic E-state index is 0.167. The van der Waals surface area contributed by atoms with Crippen molar-refractivity contribution in [3.05, 3.63) is 49.6 Å². The predicted molar refractivity (Wildman–Crippen MR) is 64.3 cm³/mol. The quantitative estimate of drug-likeness (QED) is 0.477. The van der Waals surface area contributed by atoms with Crippen molar-refractivity contribution < 1.29 is 4.79 Å². The van der Waals surface area contributed by atoms with E-state index in [1.165, 1.54) is 19.4 Å². The van der Waals surface area contributed by atoms with Crippen LogP contribution in [0, 0.1) is 0 Å². The van der Waals surface area contributed by atoms with Gasteiger partial charge in [-0.05, 0) is 32.3 Å². The van der Waals surface area contributed by atoms with Gasteiger partial charge >= 0.3 is 0 Å². The van der Waals surface area contributed by atoms with Crippen LogP contribution in [0.3, 0.4) is 0 Å². The molecule has 78 valence electrons. The van der Waals surface area contributed by atoms with E-state index in [2.05, 4.69) is 19.7 Å². The molecule has 14 heavy (non-hydrogen) atoms. The van der Waals surface area contributed by atoms with E-state index < -0.39 is 0 Å². The summed E-state index contributed by atoms with van der Waals surface area (Å²) in [6.45, 7) is 14.0. The lowest BCUT2D eigenvalue weighted by Crippen LogP contribution is -1.74. The van der Waals surface area contributed by atoms with Crippen LogP contribution in [-0.4, -0.2) is 5.78 Å². The number of hydrogen-bond acceptors (Lipinski definition) is 1. The van der Waals surface area contributed by atoms with Crippen molar-refractivity contribution >= 4 is 5.78 Å². The van der Waals surface area contributed by atoms with Gasteiger partial charge in [-0.1, -0.05) is 37.5 Å². The monoisotopic (exact) mass is 192 g/mol. The van der Waals surface area contributed by atoms with Crippen LogP contribution in [-0.2, 0) is 4.79 Å². The van der Waals surface area contributed by atoms with Gasteiger partial charge in [-0.15, -0.1) is 6.58 Å². The van der Waals surface area contributed by atoms with Crippen LogP contribution in [0.5, 0.6) is 0 Å². The average Bonchev–Trinajstić information content (AvgIpc) is 2.11. The molecule has 0 heterocycles. The number of ketones is 1. The highest BCUT2D eigenvalue weighted by molar-refractivity contribution is 5.72. The lowest BCUT2D eigenvalue weighted by Gasteiger charge is -1.94. The van der Waals surface area contributed by atoms with Crippen LogP contribution >= 0.6 is 0 Å². The SMILES string of the molecule is C=C/C=C(\C=C)CCC=C.CC(C)=O. The van der Waals surface area contributed by atoms with E-state index in [1.807, 2.05) is 18.2 Å². The van der Waals surface area contributed by atoms with Crippen molar-refractivity contribution in [2.75, 3.05) is 0 Å². The molecule has 0 saturated carbocycles. The van der Waals surface area contributed by atoms with E-state index in [0.29, 0.717) is 0 Å². The Morgan fingerprint density at radius 3 is 2.00 bits per heavy atom. The van der Waals surface area contributed by atoms with Crippen molar-refractivity contribution in [1.29, 1.82) is 0 Å². The van der Waals surface area contributed by atoms with E-state index in [1.54, 1.807) is 6.08 Å². The van der Waals surface area contributed by atoms with Gasteiger partial charge in [0, 0.05) is 0 Å². The Labute approximate surface area is 87.5 Å². The van der Waals surface area contributed by atoms with E-state index in [-0.39, 0.29) is 5.78 Å². The molecule has 0 amide bonds. The summed E-state index contributed by atoms with van der Waals surface area (Å²) < 4.78 is 0. The highest BCUT2D eigenvalue weighted by Crippen LogP contribution is 2.05. The fourth-order valence-electron chi connectivity index (χ4n) is 0.674. The van der Waals surface area contributed by atoms with Crippen molar-refractivity contribution in [3.63, 3.8) is 0 Å². The average molecular weight is 192 g/mol. The van der Waals surface area contributed by atoms with Crippen LogP contribution in [0.4, 0.5) is 0 Å². The van der Waals surface area contributed by atoms with E-state index in [0.717, 1.165) is 12.8 Å². The van der Waals surface area contributed by atoms with Crippen molar-refractivity contribution in [3.8, 4) is 0 Å². The molecule has 0 aliphatic carbocycles. The van der Waals surface area contributed by atoms with E-state index in [9.17, 15) is 4.79 Å². The third-order valence-electron chi connectivity index (χ3n) is 1.23. The zero-order valence-electron chi connectivity index (χ0n) is 9.25. The number of carbonyl (C=O) groups is 1. The third kappa shape index (κ3) is 16.9. The minimum atomic E-state index is 0.167. The number of allylic oxidation sites excluding steroid dienone is 5. The highest BCUT2D eigenvalue weighted by atomic mass is 16.1. The smallest absolute Gasteiger partial charge is 0.126 e. The van der Waals surface area contributed by atoms with Crippen LogP contribution in [0.25, 0.3) is 0 Å². The van der Waals surface area contributed by atoms with Crippen LogP contribution in [0.2, 0.25) is 0 Å². The molecule has 0 radical (unpaired) electrons. The van der Waals surface area contributed by atoms with E-state index >= 15 is 0 Å². The standard InChI is InChI=1S/C10H14.C3H6O/c1-4-7-9-10(6-3)8-5-2;1-3(2)4/h4-6,8H,1-3,7,9H2;1-2H3/b10-8+;. The molecule has 0 saturated heterocycles. The fraction of sp³-hybridized carbons (Fsp3) is 0.308. The third-order valence-corrected chi connectivity index (χ3v) is 1.23. The van der Waals surface area contributed by atoms with Crippen LogP contribution in [0.15, 0.2) is 49.6 Å². The molecule has 0 aromatic rings. The first-order valence-corrected chi connectivity index (χ1v) is 4.60. The molecule has 0 spiro atoms. The summed E-state index contributed by atoms with van der Waals surface area (Å²) in [4.78, 5) is 9.44. The first-order chi connectivity index (χ1) is 6.58. The van der Waals surface area contributed by atoms with Gasteiger partial charge in [0.25, 0.3) is 0 Å². The maximum atomic E-state index is 9.44. The number of carbonyl (C=O) groups excluding carboxylic acids is 1. The predicted octanol–water partition coefficient (Wildman–Crippen LogP) is 3.85. The Hall–Kier alpha value is -1.37. The van der Waals surface area contributed by atoms with Crippen molar-refractivity contribution in [2.45, 2.75) is 26.7 Å². The molecule has 1 nitrogen and oxygen atoms in total. The number of hydrogen-bond donors (Lipinski definition) is 0. The zero-order chi connectivity index (χ0) is 11.4. The fourth-order valence-corrected chi connectivity index (χ4v) is 0.674. The highest BCUT2D eigenvalue weighted by Gasteiger charge is 1.85. The summed E-state index contributed by atoms with van der Waals surface area (Å²) in [7, 11) is 0. The Kier molecular flexibility index (Phi) is 12.6. The molecule has 0 fully saturated rings. The van der Waals surface area contributed by atoms with Gasteiger partial charge in [0.2, 0.25) is 0 Å². The first kappa shape index (κ1) is 15.1. The Morgan fingerprint density at radius 1 is 1.21 bits per heavy atom. The van der Waals surface area contributed by atoms with Crippen molar-refractivity contribution in [2.24, 2.45) is 0 Å². The first-order valence-electron chi connectivity index (χ1n) is 4.60. The van der Waals surface area contributed by atoms with Crippen LogP contribution in [0.1, 0.15) is 26.7 Å². The largest absolute Gasteiger partial charge is 0.300 e. The molecule has 0 aliphatic heterocycles. The van der Waals surface area contributed by atoms with Gasteiger partial charge in [-0.25, -0.2) is 0 Å². The normalized spacial score (nSPS) is 9.43. The summed E-state index contributed by atoms with van der Waals surface area (Å²) >= 11 is 0. The maximum absolute atomic E-state index is 9.44. The Morgan fingerprint density at radius 2 is 1.71 bits per heavy atom. The van der Waals surface area contributed by atoms with E-state index in [4.69, 9.17) is 0 Å². The summed E-state index contributed by atoms with van der Waals surface area (Å²) in [6.07, 6.45) is 9.52. The van der Waals surface area contributed by atoms with Gasteiger partial charge in [0.05, 0.1) is 0 Å². The second kappa shape index (κ2) is 11.6. The van der Waals surface area contributed by atoms with Crippen LogP contribution < -0.4 is 0 Å². The zero-order valence-corrected chi connectivity index (χ0v) is 9.25. The summed E-state index contributed by atoms with van der Waals surface area (Å²) in [5.74, 6) is 0.167. The second-order valence-corrected chi connectivity index (χ2v) is 2.92. The molecule has 0 aliphatic rings. The van der Waals surface area contributed by atoms with Gasteiger partial charge in [0.15, 0.2) is 0 Å². The summed E-state index contributed by atoms with van der Waals surface area (Å²) in [6, 6.07) is 0. The summed E-state index contributed by atoms with van der Waals surface area (Å²) in [5.41, 5.74) is 1.22. The minimum Gasteiger partial charge on any atom is -0.300 e. The van der Waals surface area contributed by atoms with Gasteiger partial charge in [0.1, 0.15) is 5.78 Å². The molecular weight excluding hydrogens is 172 g/mol.